The minimum Gasteiger partial charge on any atom is -0.353 e. The number of halogens is 1. The largest absolute Gasteiger partial charge is 0.353 e. The highest BCUT2D eigenvalue weighted by Crippen LogP contribution is 2.33. The van der Waals surface area contributed by atoms with Crippen molar-refractivity contribution in [1.29, 1.82) is 0 Å². The van der Waals surface area contributed by atoms with Crippen molar-refractivity contribution in [2.45, 2.75) is 32.4 Å². The van der Waals surface area contributed by atoms with Gasteiger partial charge in [-0.1, -0.05) is 34.1 Å². The minimum atomic E-state index is -1.14. The first-order valence-corrected chi connectivity index (χ1v) is 8.81. The molecule has 4 amide bonds. The fourth-order valence-corrected chi connectivity index (χ4v) is 3.46. The summed E-state index contributed by atoms with van der Waals surface area (Å²) < 4.78 is 0.748. The number of imide groups is 1. The summed E-state index contributed by atoms with van der Waals surface area (Å²) >= 11 is 3.43. The number of nitrogens with zero attached hydrogens (tertiary/aromatic N) is 2. The zero-order valence-electron chi connectivity index (χ0n) is 14.8. The second kappa shape index (κ2) is 7.53. The number of carbonyl (C=O) groups excluding carboxylic acids is 3. The number of rotatable bonds is 6. The van der Waals surface area contributed by atoms with Gasteiger partial charge in [0.05, 0.1) is 13.2 Å². The van der Waals surface area contributed by atoms with Crippen molar-refractivity contribution in [1.82, 2.24) is 20.4 Å². The van der Waals surface area contributed by atoms with Crippen LogP contribution in [-0.2, 0) is 15.1 Å². The van der Waals surface area contributed by atoms with Crippen LogP contribution in [0.5, 0.6) is 0 Å². The number of hydrogen-bond acceptors (Lipinski definition) is 4. The summed E-state index contributed by atoms with van der Waals surface area (Å²) in [5.41, 5.74) is -0.450. The lowest BCUT2D eigenvalue weighted by Gasteiger charge is -2.25. The van der Waals surface area contributed by atoms with E-state index in [9.17, 15) is 14.4 Å². The van der Waals surface area contributed by atoms with Crippen LogP contribution in [0.15, 0.2) is 28.7 Å². The van der Waals surface area contributed by atoms with Crippen molar-refractivity contribution in [3.8, 4) is 0 Å². The monoisotopic (exact) mass is 410 g/mol. The van der Waals surface area contributed by atoms with Gasteiger partial charge in [-0.05, 0) is 33.9 Å². The van der Waals surface area contributed by atoms with Crippen molar-refractivity contribution in [2.75, 3.05) is 20.3 Å². The van der Waals surface area contributed by atoms with Crippen LogP contribution in [0.1, 0.15) is 26.3 Å². The summed E-state index contributed by atoms with van der Waals surface area (Å²) in [6.45, 7) is 5.56. The molecule has 0 unspecified atom stereocenters. The number of hydrogen-bond donors (Lipinski definition) is 2. The van der Waals surface area contributed by atoms with Crippen molar-refractivity contribution in [2.24, 2.45) is 0 Å². The van der Waals surface area contributed by atoms with E-state index in [4.69, 9.17) is 0 Å². The molecule has 1 aromatic rings. The third-order valence-electron chi connectivity index (χ3n) is 3.93. The Labute approximate surface area is 155 Å². The van der Waals surface area contributed by atoms with Crippen LogP contribution in [0.25, 0.3) is 0 Å². The van der Waals surface area contributed by atoms with Gasteiger partial charge in [-0.25, -0.2) is 9.69 Å². The van der Waals surface area contributed by atoms with E-state index in [-0.39, 0.29) is 31.1 Å². The third-order valence-corrected chi connectivity index (χ3v) is 4.63. The molecule has 1 fully saturated rings. The fourth-order valence-electron chi connectivity index (χ4n) is 2.78. The van der Waals surface area contributed by atoms with Crippen molar-refractivity contribution >= 4 is 33.8 Å². The predicted molar refractivity (Wildman–Crippen MR) is 97.6 cm³/mol. The molecule has 2 rings (SSSR count). The van der Waals surface area contributed by atoms with Gasteiger partial charge in [0, 0.05) is 16.1 Å². The van der Waals surface area contributed by atoms with E-state index < -0.39 is 11.6 Å². The van der Waals surface area contributed by atoms with Gasteiger partial charge in [-0.15, -0.1) is 0 Å². The van der Waals surface area contributed by atoms with E-state index in [0.717, 1.165) is 9.37 Å². The molecule has 0 aromatic heterocycles. The number of urea groups is 1. The smallest absolute Gasteiger partial charge is 0.326 e. The summed E-state index contributed by atoms with van der Waals surface area (Å²) in [4.78, 5) is 39.8. The topological polar surface area (TPSA) is 81.8 Å². The van der Waals surface area contributed by atoms with Crippen LogP contribution in [0.4, 0.5) is 4.79 Å². The molecule has 0 spiro atoms. The summed E-state index contributed by atoms with van der Waals surface area (Å²) in [7, 11) is 1.69. The van der Waals surface area contributed by atoms with E-state index in [0.29, 0.717) is 5.56 Å². The van der Waals surface area contributed by atoms with Crippen LogP contribution in [0.3, 0.4) is 0 Å². The van der Waals surface area contributed by atoms with Gasteiger partial charge in [-0.2, -0.15) is 0 Å². The molecule has 1 heterocycles. The summed E-state index contributed by atoms with van der Waals surface area (Å²) in [6, 6.07) is 6.85. The second-order valence-corrected chi connectivity index (χ2v) is 7.50. The Morgan fingerprint density at radius 2 is 2.00 bits per heavy atom. The summed E-state index contributed by atoms with van der Waals surface area (Å²) in [6.07, 6.45) is 0. The van der Waals surface area contributed by atoms with Crippen molar-refractivity contribution in [3.63, 3.8) is 0 Å². The van der Waals surface area contributed by atoms with Gasteiger partial charge < -0.3 is 10.6 Å². The van der Waals surface area contributed by atoms with Crippen molar-refractivity contribution < 1.29 is 14.4 Å². The van der Waals surface area contributed by atoms with Gasteiger partial charge in [0.25, 0.3) is 5.91 Å². The summed E-state index contributed by atoms with van der Waals surface area (Å²) in [5, 5.41) is 5.54. The molecule has 1 aromatic carbocycles. The standard InChI is InChI=1S/C17H23BrN4O3/c1-11(2)19-14(23)9-21(4)10-22-15(24)17(3,20-16(22)25)12-7-5-6-8-13(12)18/h5-8,11H,9-10H2,1-4H3,(H,19,23)(H,20,25)/t17-/m1/s1. The molecule has 7 nitrogen and oxygen atoms in total. The first-order chi connectivity index (χ1) is 11.6. The Kier molecular flexibility index (Phi) is 5.84. The van der Waals surface area contributed by atoms with Crippen LogP contribution in [0, 0.1) is 0 Å². The fraction of sp³-hybridized carbons (Fsp3) is 0.471. The van der Waals surface area contributed by atoms with Gasteiger partial charge in [-0.3, -0.25) is 14.5 Å². The maximum absolute atomic E-state index is 12.9. The number of amides is 4. The SMILES string of the molecule is CC(C)NC(=O)CN(C)CN1C(=O)N[C@](C)(c2ccccc2Br)C1=O. The molecule has 1 aliphatic rings. The van der Waals surface area contributed by atoms with E-state index >= 15 is 0 Å². The summed E-state index contributed by atoms with van der Waals surface area (Å²) in [5.74, 6) is -0.501. The van der Waals surface area contributed by atoms with E-state index in [1.54, 1.807) is 24.9 Å². The van der Waals surface area contributed by atoms with Crippen molar-refractivity contribution in [3.05, 3.63) is 34.3 Å². The lowest BCUT2D eigenvalue weighted by atomic mass is 9.92. The minimum absolute atomic E-state index is 0.0379. The highest BCUT2D eigenvalue weighted by molar-refractivity contribution is 9.10. The van der Waals surface area contributed by atoms with Gasteiger partial charge in [0.15, 0.2) is 0 Å². The van der Waals surface area contributed by atoms with E-state index in [2.05, 4.69) is 26.6 Å². The molecular weight excluding hydrogens is 388 g/mol. The molecule has 0 radical (unpaired) electrons. The lowest BCUT2D eigenvalue weighted by Crippen LogP contribution is -2.46. The molecule has 2 N–H and O–H groups in total. The van der Waals surface area contributed by atoms with Gasteiger partial charge >= 0.3 is 6.03 Å². The highest BCUT2D eigenvalue weighted by Gasteiger charge is 2.49. The quantitative estimate of drug-likeness (QED) is 0.698. The molecular formula is C17H23BrN4O3. The Hall–Kier alpha value is -1.93. The molecule has 1 atom stereocenters. The van der Waals surface area contributed by atoms with Crippen LogP contribution < -0.4 is 10.6 Å². The molecule has 0 saturated carbocycles. The average Bonchev–Trinajstić information content (AvgIpc) is 2.71. The van der Waals surface area contributed by atoms with Crippen LogP contribution in [0.2, 0.25) is 0 Å². The maximum Gasteiger partial charge on any atom is 0.326 e. The zero-order chi connectivity index (χ0) is 18.8. The van der Waals surface area contributed by atoms with Gasteiger partial charge in [0.1, 0.15) is 5.54 Å². The van der Waals surface area contributed by atoms with Crippen LogP contribution in [-0.4, -0.2) is 53.9 Å². The van der Waals surface area contributed by atoms with E-state index in [1.165, 1.54) is 0 Å². The Bertz CT molecular complexity index is 694. The Morgan fingerprint density at radius 1 is 1.36 bits per heavy atom. The predicted octanol–water partition coefficient (Wildman–Crippen LogP) is 1.63. The zero-order valence-corrected chi connectivity index (χ0v) is 16.4. The van der Waals surface area contributed by atoms with Crippen LogP contribution >= 0.6 is 15.9 Å². The van der Waals surface area contributed by atoms with E-state index in [1.807, 2.05) is 32.0 Å². The maximum atomic E-state index is 12.9. The first-order valence-electron chi connectivity index (χ1n) is 8.02. The number of nitrogens with one attached hydrogen (secondary N) is 2. The number of carbonyl (C=O) groups is 3. The molecule has 0 aliphatic carbocycles. The molecule has 1 aliphatic heterocycles. The third kappa shape index (κ3) is 4.19. The number of likely N-dealkylation sites (N-methyl/N-ethyl adjacent to an activating group) is 1. The molecule has 8 heteroatoms. The highest BCUT2D eigenvalue weighted by atomic mass is 79.9. The van der Waals surface area contributed by atoms with Gasteiger partial charge in [0.2, 0.25) is 5.91 Å². The Morgan fingerprint density at radius 3 is 2.60 bits per heavy atom. The molecule has 0 bridgehead atoms. The molecule has 1 saturated heterocycles. The average molecular weight is 411 g/mol. The first kappa shape index (κ1) is 19.4. The molecule has 136 valence electrons. The normalized spacial score (nSPS) is 20.4. The molecule has 25 heavy (non-hydrogen) atoms. The lowest BCUT2D eigenvalue weighted by molar-refractivity contribution is -0.133. The number of benzene rings is 1. The Balaban J connectivity index is 2.11. The second-order valence-electron chi connectivity index (χ2n) is 6.65.